The van der Waals surface area contributed by atoms with Gasteiger partial charge in [0.05, 0.1) is 0 Å². The third-order valence-corrected chi connectivity index (χ3v) is 3.40. The first-order valence-electron chi connectivity index (χ1n) is 6.04. The second-order valence-corrected chi connectivity index (χ2v) is 4.54. The molecule has 1 aromatic carbocycles. The van der Waals surface area contributed by atoms with Gasteiger partial charge in [0.25, 0.3) is 5.56 Å². The van der Waals surface area contributed by atoms with Crippen LogP contribution in [0.15, 0.2) is 46.2 Å². The molecule has 0 aliphatic heterocycles. The first-order valence-corrected chi connectivity index (χ1v) is 6.04. The Hall–Kier alpha value is -2.56. The van der Waals surface area contributed by atoms with E-state index in [2.05, 4.69) is 15.0 Å². The molecule has 19 heavy (non-hydrogen) atoms. The van der Waals surface area contributed by atoms with E-state index in [1.165, 1.54) is 6.20 Å². The Morgan fingerprint density at radius 3 is 2.53 bits per heavy atom. The van der Waals surface area contributed by atoms with Crippen LogP contribution >= 0.6 is 0 Å². The van der Waals surface area contributed by atoms with Crippen molar-refractivity contribution >= 4 is 10.9 Å². The van der Waals surface area contributed by atoms with Crippen LogP contribution in [0.3, 0.4) is 0 Å². The van der Waals surface area contributed by atoms with Gasteiger partial charge in [-0.05, 0) is 11.6 Å². The highest BCUT2D eigenvalue weighted by molar-refractivity contribution is 5.84. The number of H-pyrrole nitrogens is 3. The zero-order valence-electron chi connectivity index (χ0n) is 10.4. The molecule has 1 unspecified atom stereocenters. The highest BCUT2D eigenvalue weighted by Gasteiger charge is 2.16. The zero-order chi connectivity index (χ0) is 13.4. The maximum atomic E-state index is 11.8. The average molecular weight is 255 g/mol. The molecule has 3 N–H and O–H groups in total. The normalized spacial score (nSPS) is 12.7. The van der Waals surface area contributed by atoms with E-state index in [0.29, 0.717) is 5.56 Å². The lowest BCUT2D eigenvalue weighted by Crippen LogP contribution is -2.25. The van der Waals surface area contributed by atoms with Crippen LogP contribution in [-0.4, -0.2) is 15.0 Å². The highest BCUT2D eigenvalue weighted by Crippen LogP contribution is 2.28. The van der Waals surface area contributed by atoms with Crippen molar-refractivity contribution in [1.29, 1.82) is 0 Å². The Labute approximate surface area is 108 Å². The van der Waals surface area contributed by atoms with Gasteiger partial charge >= 0.3 is 5.69 Å². The van der Waals surface area contributed by atoms with E-state index < -0.39 is 5.69 Å². The van der Waals surface area contributed by atoms with Crippen LogP contribution in [0.1, 0.15) is 24.0 Å². The van der Waals surface area contributed by atoms with Gasteiger partial charge in [0.1, 0.15) is 0 Å². The standard InChI is InChI=1S/C14H13N3O2/c1-8(11-7-16-14(19)17-13(11)18)10-6-15-12-5-3-2-4-9(10)12/h2-8,15H,1H3,(H2,16,17,18,19). The second-order valence-electron chi connectivity index (χ2n) is 4.54. The lowest BCUT2D eigenvalue weighted by molar-refractivity contribution is 0.867. The maximum absolute atomic E-state index is 11.8. The molecule has 96 valence electrons. The summed E-state index contributed by atoms with van der Waals surface area (Å²) in [5.41, 5.74) is 1.78. The van der Waals surface area contributed by atoms with Gasteiger partial charge < -0.3 is 9.97 Å². The Morgan fingerprint density at radius 1 is 1.00 bits per heavy atom. The summed E-state index contributed by atoms with van der Waals surface area (Å²) in [6.07, 6.45) is 3.38. The number of aromatic amines is 3. The second kappa shape index (κ2) is 4.28. The fraction of sp³-hybridized carbons (Fsp3) is 0.143. The topological polar surface area (TPSA) is 81.5 Å². The summed E-state index contributed by atoms with van der Waals surface area (Å²) in [5.74, 6) is -0.100. The van der Waals surface area contributed by atoms with Crippen molar-refractivity contribution in [3.05, 3.63) is 68.6 Å². The molecular formula is C14H13N3O2. The molecule has 5 nitrogen and oxygen atoms in total. The fourth-order valence-electron chi connectivity index (χ4n) is 2.36. The van der Waals surface area contributed by atoms with Crippen LogP contribution in [0.4, 0.5) is 0 Å². The molecule has 1 atom stereocenters. The molecule has 5 heteroatoms. The molecule has 0 saturated carbocycles. The van der Waals surface area contributed by atoms with Gasteiger partial charge in [0, 0.05) is 34.8 Å². The van der Waals surface area contributed by atoms with Crippen LogP contribution in [0.2, 0.25) is 0 Å². The van der Waals surface area contributed by atoms with E-state index in [0.717, 1.165) is 16.5 Å². The Bertz CT molecular complexity index is 841. The van der Waals surface area contributed by atoms with Crippen LogP contribution < -0.4 is 11.2 Å². The summed E-state index contributed by atoms with van der Waals surface area (Å²) in [4.78, 5) is 30.8. The first kappa shape index (κ1) is 11.5. The van der Waals surface area contributed by atoms with Gasteiger partial charge in [0.15, 0.2) is 0 Å². The molecule has 0 radical (unpaired) electrons. The first-order chi connectivity index (χ1) is 9.16. The number of benzene rings is 1. The molecular weight excluding hydrogens is 242 g/mol. The van der Waals surface area contributed by atoms with Crippen molar-refractivity contribution < 1.29 is 0 Å². The Morgan fingerprint density at radius 2 is 1.74 bits per heavy atom. The number of para-hydroxylation sites is 1. The summed E-state index contributed by atoms with van der Waals surface area (Å²) >= 11 is 0. The van der Waals surface area contributed by atoms with E-state index >= 15 is 0 Å². The van der Waals surface area contributed by atoms with Crippen LogP contribution in [0.5, 0.6) is 0 Å². The summed E-state index contributed by atoms with van der Waals surface area (Å²) < 4.78 is 0. The van der Waals surface area contributed by atoms with Crippen LogP contribution in [0.25, 0.3) is 10.9 Å². The van der Waals surface area contributed by atoms with Gasteiger partial charge in [-0.1, -0.05) is 25.1 Å². The van der Waals surface area contributed by atoms with E-state index in [1.54, 1.807) is 0 Å². The maximum Gasteiger partial charge on any atom is 0.325 e. The van der Waals surface area contributed by atoms with E-state index in [-0.39, 0.29) is 11.5 Å². The molecule has 0 spiro atoms. The predicted molar refractivity (Wildman–Crippen MR) is 73.5 cm³/mol. The lowest BCUT2D eigenvalue weighted by Gasteiger charge is -2.09. The molecule has 0 aliphatic rings. The number of aromatic nitrogens is 3. The van der Waals surface area contributed by atoms with Crippen molar-refractivity contribution in [3.8, 4) is 0 Å². The van der Waals surface area contributed by atoms with Gasteiger partial charge in [-0.15, -0.1) is 0 Å². The molecule has 0 bridgehead atoms. The zero-order valence-corrected chi connectivity index (χ0v) is 10.4. The monoisotopic (exact) mass is 255 g/mol. The third-order valence-electron chi connectivity index (χ3n) is 3.40. The van der Waals surface area contributed by atoms with Crippen molar-refractivity contribution in [1.82, 2.24) is 15.0 Å². The molecule has 0 aliphatic carbocycles. The molecule has 3 aromatic rings. The molecule has 3 rings (SSSR count). The van der Waals surface area contributed by atoms with E-state index in [9.17, 15) is 9.59 Å². The number of hydrogen-bond acceptors (Lipinski definition) is 2. The summed E-state index contributed by atoms with van der Waals surface area (Å²) in [6, 6.07) is 7.92. The molecule has 0 amide bonds. The summed E-state index contributed by atoms with van der Waals surface area (Å²) in [7, 11) is 0. The van der Waals surface area contributed by atoms with Crippen molar-refractivity contribution in [3.63, 3.8) is 0 Å². The van der Waals surface area contributed by atoms with Gasteiger partial charge in [0.2, 0.25) is 0 Å². The Balaban J connectivity index is 2.16. The third kappa shape index (κ3) is 1.89. The minimum absolute atomic E-state index is 0.100. The number of hydrogen-bond donors (Lipinski definition) is 3. The van der Waals surface area contributed by atoms with Crippen LogP contribution in [-0.2, 0) is 0 Å². The molecule has 2 heterocycles. The number of nitrogens with one attached hydrogen (secondary N) is 3. The minimum Gasteiger partial charge on any atom is -0.361 e. The van der Waals surface area contributed by atoms with Crippen molar-refractivity contribution in [2.24, 2.45) is 0 Å². The Kier molecular flexibility index (Phi) is 2.59. The van der Waals surface area contributed by atoms with Crippen molar-refractivity contribution in [2.45, 2.75) is 12.8 Å². The predicted octanol–water partition coefficient (Wildman–Crippen LogP) is 1.70. The molecule has 0 fully saturated rings. The molecule has 0 saturated heterocycles. The van der Waals surface area contributed by atoms with Crippen molar-refractivity contribution in [2.75, 3.05) is 0 Å². The van der Waals surface area contributed by atoms with E-state index in [4.69, 9.17) is 0 Å². The lowest BCUT2D eigenvalue weighted by atomic mass is 9.95. The fourth-order valence-corrected chi connectivity index (χ4v) is 2.36. The van der Waals surface area contributed by atoms with Gasteiger partial charge in [-0.25, -0.2) is 4.79 Å². The molecule has 2 aromatic heterocycles. The number of fused-ring (bicyclic) bond motifs is 1. The van der Waals surface area contributed by atoms with Gasteiger partial charge in [-0.2, -0.15) is 0 Å². The summed E-state index contributed by atoms with van der Waals surface area (Å²) in [6.45, 7) is 1.94. The largest absolute Gasteiger partial charge is 0.361 e. The van der Waals surface area contributed by atoms with Crippen LogP contribution in [0, 0.1) is 0 Å². The minimum atomic E-state index is -0.486. The smallest absolute Gasteiger partial charge is 0.325 e. The van der Waals surface area contributed by atoms with E-state index in [1.807, 2.05) is 37.4 Å². The SMILES string of the molecule is CC(c1c[nH]c(=O)[nH]c1=O)c1c[nH]c2ccccc12. The van der Waals surface area contributed by atoms with Gasteiger partial charge in [-0.3, -0.25) is 9.78 Å². The number of rotatable bonds is 2. The average Bonchev–Trinajstić information content (AvgIpc) is 2.82. The quantitative estimate of drug-likeness (QED) is 0.651. The highest BCUT2D eigenvalue weighted by atomic mass is 16.2. The summed E-state index contributed by atoms with van der Waals surface area (Å²) in [5, 5.41) is 1.08.